The molecule has 5 heteroatoms. The van der Waals surface area contributed by atoms with Crippen LogP contribution in [0.2, 0.25) is 0 Å². The second kappa shape index (κ2) is 7.36. The minimum atomic E-state index is -0.179. The molecule has 1 unspecified atom stereocenters. The van der Waals surface area contributed by atoms with E-state index in [-0.39, 0.29) is 11.8 Å². The average Bonchev–Trinajstić information content (AvgIpc) is 3.16. The van der Waals surface area contributed by atoms with E-state index in [0.717, 1.165) is 41.3 Å². The van der Waals surface area contributed by atoms with Gasteiger partial charge in [-0.3, -0.25) is 9.78 Å². The first kappa shape index (κ1) is 16.9. The maximum Gasteiger partial charge on any atom is 0.232 e. The lowest BCUT2D eigenvalue weighted by Crippen LogP contribution is -2.27. The third-order valence-electron chi connectivity index (χ3n) is 5.24. The van der Waals surface area contributed by atoms with Crippen molar-refractivity contribution in [3.8, 4) is 11.5 Å². The van der Waals surface area contributed by atoms with Gasteiger partial charge < -0.3 is 14.8 Å². The number of anilines is 1. The van der Waals surface area contributed by atoms with Crippen molar-refractivity contribution in [3.63, 3.8) is 0 Å². The summed E-state index contributed by atoms with van der Waals surface area (Å²) in [6, 6.07) is 9.65. The minimum absolute atomic E-state index is 0.0409. The van der Waals surface area contributed by atoms with Crippen LogP contribution in [0, 0.1) is 12.8 Å². The molecule has 0 spiro atoms. The Morgan fingerprint density at radius 1 is 1.12 bits per heavy atom. The number of pyridine rings is 1. The third kappa shape index (κ3) is 3.52. The standard InChI is InChI=1S/C21H24N2O3/c1-14-12-17(8-9-22-14)23-21(24)20(15-4-2-3-5-15)16-6-7-18-19(13-16)26-11-10-25-18/h6-9,12-13,15,20H,2-5,10-11H2,1H3,(H,22,23,24). The van der Waals surface area contributed by atoms with Gasteiger partial charge in [0.2, 0.25) is 5.91 Å². The first-order valence-electron chi connectivity index (χ1n) is 9.34. The third-order valence-corrected chi connectivity index (χ3v) is 5.24. The largest absolute Gasteiger partial charge is 0.486 e. The first-order valence-corrected chi connectivity index (χ1v) is 9.34. The van der Waals surface area contributed by atoms with Gasteiger partial charge in [-0.05, 0) is 55.5 Å². The molecule has 26 heavy (non-hydrogen) atoms. The zero-order valence-corrected chi connectivity index (χ0v) is 15.0. The van der Waals surface area contributed by atoms with Crippen molar-refractivity contribution in [2.75, 3.05) is 18.5 Å². The molecule has 0 bridgehead atoms. The number of hydrogen-bond donors (Lipinski definition) is 1. The topological polar surface area (TPSA) is 60.5 Å². The number of ether oxygens (including phenoxy) is 2. The number of aromatic nitrogens is 1. The molecule has 5 nitrogen and oxygen atoms in total. The number of amides is 1. The molecule has 2 aliphatic rings. The van der Waals surface area contributed by atoms with Gasteiger partial charge in [-0.1, -0.05) is 18.9 Å². The van der Waals surface area contributed by atoms with Gasteiger partial charge in [-0.15, -0.1) is 0 Å². The first-order chi connectivity index (χ1) is 12.7. The number of rotatable bonds is 4. The molecule has 1 amide bonds. The zero-order valence-electron chi connectivity index (χ0n) is 15.0. The average molecular weight is 352 g/mol. The minimum Gasteiger partial charge on any atom is -0.486 e. The van der Waals surface area contributed by atoms with E-state index in [4.69, 9.17) is 9.47 Å². The van der Waals surface area contributed by atoms with E-state index in [2.05, 4.69) is 10.3 Å². The van der Waals surface area contributed by atoms with Crippen LogP contribution >= 0.6 is 0 Å². The van der Waals surface area contributed by atoms with Crippen LogP contribution in [0.1, 0.15) is 42.9 Å². The van der Waals surface area contributed by atoms with Gasteiger partial charge in [0.05, 0.1) is 5.92 Å². The van der Waals surface area contributed by atoms with Crippen molar-refractivity contribution in [1.29, 1.82) is 0 Å². The summed E-state index contributed by atoms with van der Waals surface area (Å²) in [5.74, 6) is 1.72. The van der Waals surface area contributed by atoms with Crippen LogP contribution in [-0.4, -0.2) is 24.1 Å². The number of carbonyl (C=O) groups is 1. The van der Waals surface area contributed by atoms with E-state index in [0.29, 0.717) is 19.1 Å². The summed E-state index contributed by atoms with van der Waals surface area (Å²) in [4.78, 5) is 17.4. The molecule has 2 aromatic rings. The predicted octanol–water partition coefficient (Wildman–Crippen LogP) is 4.07. The van der Waals surface area contributed by atoms with Gasteiger partial charge in [0.25, 0.3) is 0 Å². The zero-order chi connectivity index (χ0) is 17.9. The Kier molecular flexibility index (Phi) is 4.78. The fourth-order valence-corrected chi connectivity index (χ4v) is 4.03. The van der Waals surface area contributed by atoms with Gasteiger partial charge in [-0.2, -0.15) is 0 Å². The summed E-state index contributed by atoms with van der Waals surface area (Å²) in [5.41, 5.74) is 2.69. The summed E-state index contributed by atoms with van der Waals surface area (Å²) in [6.45, 7) is 3.04. The Labute approximate surface area is 153 Å². The fourth-order valence-electron chi connectivity index (χ4n) is 4.03. The SMILES string of the molecule is Cc1cc(NC(=O)C(c2ccc3c(c2)OCCO3)C2CCCC2)ccn1. The lowest BCUT2D eigenvalue weighted by Gasteiger charge is -2.25. The highest BCUT2D eigenvalue weighted by Crippen LogP contribution is 2.41. The van der Waals surface area contributed by atoms with Crippen LogP contribution in [-0.2, 0) is 4.79 Å². The van der Waals surface area contributed by atoms with Crippen molar-refractivity contribution >= 4 is 11.6 Å². The molecule has 1 aliphatic heterocycles. The van der Waals surface area contributed by atoms with Gasteiger partial charge in [0.1, 0.15) is 13.2 Å². The summed E-state index contributed by atoms with van der Waals surface area (Å²) in [5, 5.41) is 3.09. The molecule has 136 valence electrons. The second-order valence-corrected chi connectivity index (χ2v) is 7.10. The molecule has 4 rings (SSSR count). The van der Waals surface area contributed by atoms with Crippen LogP contribution in [0.25, 0.3) is 0 Å². The van der Waals surface area contributed by atoms with Crippen molar-refractivity contribution in [2.45, 2.75) is 38.5 Å². The number of nitrogens with zero attached hydrogens (tertiary/aromatic N) is 1. The number of aryl methyl sites for hydroxylation is 1. The van der Waals surface area contributed by atoms with Gasteiger partial charge in [0.15, 0.2) is 11.5 Å². The Morgan fingerprint density at radius 2 is 1.88 bits per heavy atom. The van der Waals surface area contributed by atoms with Crippen molar-refractivity contribution in [3.05, 3.63) is 47.8 Å². The molecule has 2 heterocycles. The monoisotopic (exact) mass is 352 g/mol. The fraction of sp³-hybridized carbons (Fsp3) is 0.429. The summed E-state index contributed by atoms with van der Waals surface area (Å²) < 4.78 is 11.3. The summed E-state index contributed by atoms with van der Waals surface area (Å²) in [6.07, 6.45) is 6.27. The molecule has 1 aliphatic carbocycles. The summed E-state index contributed by atoms with van der Waals surface area (Å²) in [7, 11) is 0. The molecule has 1 atom stereocenters. The van der Waals surface area contributed by atoms with Crippen LogP contribution in [0.3, 0.4) is 0 Å². The van der Waals surface area contributed by atoms with Gasteiger partial charge >= 0.3 is 0 Å². The van der Waals surface area contributed by atoms with E-state index in [1.807, 2.05) is 37.3 Å². The van der Waals surface area contributed by atoms with E-state index in [1.54, 1.807) is 6.20 Å². The van der Waals surface area contributed by atoms with Crippen molar-refractivity contribution < 1.29 is 14.3 Å². The molecule has 1 saturated carbocycles. The van der Waals surface area contributed by atoms with Crippen molar-refractivity contribution in [1.82, 2.24) is 4.98 Å². The van der Waals surface area contributed by atoms with Crippen LogP contribution in [0.5, 0.6) is 11.5 Å². The van der Waals surface area contributed by atoms with E-state index >= 15 is 0 Å². The number of nitrogens with one attached hydrogen (secondary N) is 1. The van der Waals surface area contributed by atoms with Crippen LogP contribution in [0.15, 0.2) is 36.5 Å². The van der Waals surface area contributed by atoms with E-state index in [9.17, 15) is 4.79 Å². The molecule has 1 aromatic carbocycles. The maximum absolute atomic E-state index is 13.2. The Balaban J connectivity index is 1.62. The number of carbonyl (C=O) groups excluding carboxylic acids is 1. The normalized spacial score (nSPS) is 17.7. The molecule has 1 aromatic heterocycles. The van der Waals surface area contributed by atoms with E-state index < -0.39 is 0 Å². The number of fused-ring (bicyclic) bond motifs is 1. The van der Waals surface area contributed by atoms with Crippen molar-refractivity contribution in [2.24, 2.45) is 5.92 Å². The molecule has 1 fully saturated rings. The predicted molar refractivity (Wildman–Crippen MR) is 99.7 cm³/mol. The molecular weight excluding hydrogens is 328 g/mol. The second-order valence-electron chi connectivity index (χ2n) is 7.10. The smallest absolute Gasteiger partial charge is 0.232 e. The van der Waals surface area contributed by atoms with Gasteiger partial charge in [-0.25, -0.2) is 0 Å². The molecule has 1 N–H and O–H groups in total. The number of hydrogen-bond acceptors (Lipinski definition) is 4. The highest BCUT2D eigenvalue weighted by atomic mass is 16.6. The van der Waals surface area contributed by atoms with E-state index in [1.165, 1.54) is 12.8 Å². The lowest BCUT2D eigenvalue weighted by atomic mass is 9.84. The van der Waals surface area contributed by atoms with Gasteiger partial charge in [0, 0.05) is 17.6 Å². The molecule has 0 radical (unpaired) electrons. The Bertz CT molecular complexity index is 800. The Morgan fingerprint density at radius 3 is 2.65 bits per heavy atom. The lowest BCUT2D eigenvalue weighted by molar-refractivity contribution is -0.118. The Hall–Kier alpha value is -2.56. The number of benzene rings is 1. The summed E-state index contributed by atoms with van der Waals surface area (Å²) >= 11 is 0. The highest BCUT2D eigenvalue weighted by molar-refractivity contribution is 5.96. The quantitative estimate of drug-likeness (QED) is 0.901. The van der Waals surface area contributed by atoms with Crippen LogP contribution < -0.4 is 14.8 Å². The maximum atomic E-state index is 13.2. The highest BCUT2D eigenvalue weighted by Gasteiger charge is 2.33. The van der Waals surface area contributed by atoms with Crippen LogP contribution in [0.4, 0.5) is 5.69 Å². The molecule has 0 saturated heterocycles. The molecular formula is C21H24N2O3.